The molecule has 0 bridgehead atoms. The number of fused-ring (bicyclic) bond motifs is 2. The standard InChI is InChI=1S/C34H42N4O7Si/c1-21-32(46(2,3)44)28(18-31(42)35-13-5-8-25(35)20-39)45-34(21)26-17-24(37-15-12-30(37)41)9-10-27(26)38(33(34)43)19-22-6-4-7-23(16-22)36-14-11-29(36)40/h4,6-7,9-10,16-17,21,25,28,32,39,44H,5,8,11-15,18-20H2,1-3H3/t21-,25-,28+,32-,34+/m0/s1. The number of nitrogens with zero attached hydrogens (tertiary/aromatic N) is 4. The summed E-state index contributed by atoms with van der Waals surface area (Å²) in [5, 5.41) is 9.87. The summed E-state index contributed by atoms with van der Waals surface area (Å²) >= 11 is 0. The zero-order chi connectivity index (χ0) is 32.5. The number of aliphatic hydroxyl groups excluding tert-OH is 1. The molecule has 4 saturated heterocycles. The van der Waals surface area contributed by atoms with Gasteiger partial charge in [0.25, 0.3) is 5.91 Å². The van der Waals surface area contributed by atoms with Crippen molar-refractivity contribution in [3.05, 3.63) is 53.6 Å². The Hall–Kier alpha value is -3.58. The molecule has 244 valence electrons. The molecule has 7 rings (SSSR count). The third kappa shape index (κ3) is 4.80. The topological polar surface area (TPSA) is 131 Å². The van der Waals surface area contributed by atoms with Crippen LogP contribution in [0, 0.1) is 5.92 Å². The van der Waals surface area contributed by atoms with Gasteiger partial charge in [-0.2, -0.15) is 0 Å². The second kappa shape index (κ2) is 11.3. The largest absolute Gasteiger partial charge is 0.432 e. The SMILES string of the molecule is C[C@H]1[C@H]([Si](C)(C)O)[C@@H](CC(=O)N2CCC[C@H]2CO)O[C@]12C(=O)N(Cc1cccc(N3CCC3=O)c1)c1ccc(N3CCC3=O)cc12. The molecule has 4 fully saturated rings. The molecule has 0 radical (unpaired) electrons. The highest BCUT2D eigenvalue weighted by Gasteiger charge is 2.66. The van der Waals surface area contributed by atoms with Crippen LogP contribution in [0.2, 0.25) is 18.6 Å². The highest BCUT2D eigenvalue weighted by molar-refractivity contribution is 6.71. The van der Waals surface area contributed by atoms with Gasteiger partial charge in [0.15, 0.2) is 13.9 Å². The fourth-order valence-electron chi connectivity index (χ4n) is 8.41. The molecule has 0 unspecified atom stereocenters. The fourth-order valence-corrected chi connectivity index (χ4v) is 11.0. The Morgan fingerprint density at radius 1 is 1.00 bits per heavy atom. The number of β-lactam (4-membered cyclic amide) rings is 2. The van der Waals surface area contributed by atoms with E-state index in [1.807, 2.05) is 62.5 Å². The molecule has 2 N–H and O–H groups in total. The molecule has 5 aliphatic rings. The lowest BCUT2D eigenvalue weighted by molar-refractivity contribution is -0.150. The van der Waals surface area contributed by atoms with E-state index in [-0.39, 0.29) is 49.2 Å². The van der Waals surface area contributed by atoms with Crippen molar-refractivity contribution in [3.63, 3.8) is 0 Å². The number of amides is 4. The Morgan fingerprint density at radius 3 is 2.30 bits per heavy atom. The minimum Gasteiger partial charge on any atom is -0.432 e. The Balaban J connectivity index is 1.28. The van der Waals surface area contributed by atoms with Crippen molar-refractivity contribution >= 4 is 49.0 Å². The molecule has 5 heterocycles. The number of anilines is 3. The van der Waals surface area contributed by atoms with Crippen molar-refractivity contribution in [1.82, 2.24) is 4.90 Å². The summed E-state index contributed by atoms with van der Waals surface area (Å²) in [5.74, 6) is -0.786. The molecular weight excluding hydrogens is 604 g/mol. The van der Waals surface area contributed by atoms with E-state index in [0.717, 1.165) is 24.1 Å². The van der Waals surface area contributed by atoms with Gasteiger partial charge >= 0.3 is 0 Å². The van der Waals surface area contributed by atoms with Gasteiger partial charge in [0.05, 0.1) is 37.4 Å². The number of hydrogen-bond acceptors (Lipinski definition) is 7. The summed E-state index contributed by atoms with van der Waals surface area (Å²) in [4.78, 5) is 71.6. The molecule has 5 atom stereocenters. The molecule has 5 aliphatic heterocycles. The van der Waals surface area contributed by atoms with E-state index >= 15 is 0 Å². The minimum absolute atomic E-state index is 0.00305. The van der Waals surface area contributed by atoms with Crippen molar-refractivity contribution in [1.29, 1.82) is 0 Å². The molecule has 4 amide bonds. The number of carbonyl (C=O) groups excluding carboxylic acids is 4. The van der Waals surface area contributed by atoms with E-state index in [2.05, 4.69) is 0 Å². The maximum absolute atomic E-state index is 14.9. The van der Waals surface area contributed by atoms with Crippen molar-refractivity contribution in [2.24, 2.45) is 5.92 Å². The Bertz CT molecular complexity index is 1610. The quantitative estimate of drug-likeness (QED) is 0.333. The zero-order valence-corrected chi connectivity index (χ0v) is 27.6. The van der Waals surface area contributed by atoms with Crippen LogP contribution < -0.4 is 14.7 Å². The smallest absolute Gasteiger partial charge is 0.264 e. The lowest BCUT2D eigenvalue weighted by atomic mass is 9.82. The van der Waals surface area contributed by atoms with Gasteiger partial charge in [0.1, 0.15) is 0 Å². The van der Waals surface area contributed by atoms with Gasteiger partial charge in [-0.15, -0.1) is 0 Å². The number of rotatable bonds is 8. The van der Waals surface area contributed by atoms with Crippen LogP contribution in [0.1, 0.15) is 50.2 Å². The molecule has 46 heavy (non-hydrogen) atoms. The third-order valence-electron chi connectivity index (χ3n) is 10.8. The van der Waals surface area contributed by atoms with Crippen LogP contribution in [0.5, 0.6) is 0 Å². The molecular formula is C34H42N4O7Si. The molecule has 2 aromatic carbocycles. The van der Waals surface area contributed by atoms with E-state index in [1.165, 1.54) is 0 Å². The molecule has 1 spiro atoms. The van der Waals surface area contributed by atoms with Gasteiger partial charge in [0.2, 0.25) is 17.7 Å². The first-order valence-electron chi connectivity index (χ1n) is 16.4. The van der Waals surface area contributed by atoms with Crippen LogP contribution in [-0.2, 0) is 36.1 Å². The van der Waals surface area contributed by atoms with Crippen LogP contribution in [0.15, 0.2) is 42.5 Å². The van der Waals surface area contributed by atoms with Gasteiger partial charge in [-0.3, -0.25) is 19.2 Å². The van der Waals surface area contributed by atoms with Gasteiger partial charge in [-0.1, -0.05) is 19.1 Å². The Labute approximate surface area is 269 Å². The van der Waals surface area contributed by atoms with Crippen LogP contribution in [0.4, 0.5) is 17.1 Å². The summed E-state index contributed by atoms with van der Waals surface area (Å²) in [6.45, 7) is 7.56. The number of likely N-dealkylation sites (tertiary alicyclic amines) is 1. The van der Waals surface area contributed by atoms with Gasteiger partial charge in [-0.25, -0.2) is 0 Å². The Kier molecular flexibility index (Phi) is 7.62. The summed E-state index contributed by atoms with van der Waals surface area (Å²) in [6, 6.07) is 13.0. The summed E-state index contributed by atoms with van der Waals surface area (Å²) < 4.78 is 6.90. The van der Waals surface area contributed by atoms with Crippen molar-refractivity contribution in [2.75, 3.05) is 40.9 Å². The van der Waals surface area contributed by atoms with Gasteiger partial charge in [0, 0.05) is 60.9 Å². The monoisotopic (exact) mass is 646 g/mol. The number of carbonyl (C=O) groups is 4. The van der Waals surface area contributed by atoms with Crippen molar-refractivity contribution in [2.45, 2.75) is 82.0 Å². The van der Waals surface area contributed by atoms with E-state index < -0.39 is 31.5 Å². The van der Waals surface area contributed by atoms with Gasteiger partial charge in [-0.05, 0) is 61.8 Å². The maximum Gasteiger partial charge on any atom is 0.264 e. The number of benzene rings is 2. The normalized spacial score (nSPS) is 29.1. The minimum atomic E-state index is -3.01. The van der Waals surface area contributed by atoms with E-state index in [1.54, 1.807) is 19.6 Å². The highest BCUT2D eigenvalue weighted by Crippen LogP contribution is 2.60. The summed E-state index contributed by atoms with van der Waals surface area (Å²) in [7, 11) is -3.01. The van der Waals surface area contributed by atoms with E-state index in [4.69, 9.17) is 4.74 Å². The van der Waals surface area contributed by atoms with Crippen LogP contribution >= 0.6 is 0 Å². The summed E-state index contributed by atoms with van der Waals surface area (Å²) in [6.07, 6.45) is 1.85. The van der Waals surface area contributed by atoms with Crippen LogP contribution in [0.25, 0.3) is 0 Å². The number of ether oxygens (including phenoxy) is 1. The van der Waals surface area contributed by atoms with E-state index in [9.17, 15) is 29.1 Å². The first-order valence-corrected chi connectivity index (χ1v) is 19.4. The average molecular weight is 647 g/mol. The second-order valence-electron chi connectivity index (χ2n) is 14.0. The van der Waals surface area contributed by atoms with Gasteiger partial charge < -0.3 is 34.2 Å². The molecule has 0 aliphatic carbocycles. The predicted molar refractivity (Wildman–Crippen MR) is 174 cm³/mol. The maximum atomic E-state index is 14.9. The molecule has 2 aromatic rings. The van der Waals surface area contributed by atoms with Crippen LogP contribution in [-0.4, -0.2) is 85.1 Å². The third-order valence-corrected chi connectivity index (χ3v) is 13.3. The predicted octanol–water partition coefficient (Wildman–Crippen LogP) is 2.88. The van der Waals surface area contributed by atoms with Crippen molar-refractivity contribution < 1.29 is 33.8 Å². The lowest BCUT2D eigenvalue weighted by Gasteiger charge is -2.34. The average Bonchev–Trinajstić information content (AvgIpc) is 3.66. The zero-order valence-electron chi connectivity index (χ0n) is 26.6. The Morgan fingerprint density at radius 2 is 1.70 bits per heavy atom. The molecule has 0 aromatic heterocycles. The first kappa shape index (κ1) is 31.0. The van der Waals surface area contributed by atoms with E-state index in [0.29, 0.717) is 49.4 Å². The highest BCUT2D eigenvalue weighted by atomic mass is 28.4. The number of aliphatic hydroxyl groups is 1. The van der Waals surface area contributed by atoms with Crippen LogP contribution in [0.3, 0.4) is 0 Å². The summed E-state index contributed by atoms with van der Waals surface area (Å²) in [5.41, 5.74) is 1.75. The molecule has 12 heteroatoms. The second-order valence-corrected chi connectivity index (χ2v) is 18.0. The number of hydrogen-bond donors (Lipinski definition) is 2. The first-order chi connectivity index (χ1) is 21.9. The molecule has 0 saturated carbocycles. The molecule has 11 nitrogen and oxygen atoms in total. The fraction of sp³-hybridized carbons (Fsp3) is 0.529. The van der Waals surface area contributed by atoms with Crippen molar-refractivity contribution in [3.8, 4) is 0 Å². The lowest BCUT2D eigenvalue weighted by Crippen LogP contribution is -2.46.